The fourth-order valence-electron chi connectivity index (χ4n) is 2.96. The fourth-order valence-corrected chi connectivity index (χ4v) is 2.96. The summed E-state index contributed by atoms with van der Waals surface area (Å²) in [5.74, 6) is 0.657. The molecular formula is C18H15N3O2. The molecule has 1 N–H and O–H groups in total. The summed E-state index contributed by atoms with van der Waals surface area (Å²) in [4.78, 5) is 14.6. The smallest absolute Gasteiger partial charge is 0.310 e. The van der Waals surface area contributed by atoms with E-state index in [2.05, 4.69) is 28.5 Å². The van der Waals surface area contributed by atoms with E-state index in [4.69, 9.17) is 0 Å². The average Bonchev–Trinajstić information content (AvgIpc) is 3.40. The standard InChI is InChI=1S/C18H15N3O2/c22-21(23)18-11-19-10-9-17(18)20-16-8-7-13(12-5-6-12)14-3-1-2-4-15(14)16/h1-4,7-12H,5-6H2,(H,19,20). The predicted molar refractivity (Wildman–Crippen MR) is 90.1 cm³/mol. The Bertz CT molecular complexity index is 904. The zero-order valence-electron chi connectivity index (χ0n) is 12.4. The Morgan fingerprint density at radius 2 is 1.83 bits per heavy atom. The highest BCUT2D eigenvalue weighted by Crippen LogP contribution is 2.44. The second-order valence-corrected chi connectivity index (χ2v) is 5.80. The maximum absolute atomic E-state index is 11.2. The van der Waals surface area contributed by atoms with E-state index in [9.17, 15) is 10.1 Å². The molecule has 1 saturated carbocycles. The summed E-state index contributed by atoms with van der Waals surface area (Å²) in [6.45, 7) is 0. The van der Waals surface area contributed by atoms with Crippen molar-refractivity contribution in [1.82, 2.24) is 4.98 Å². The van der Waals surface area contributed by atoms with E-state index in [1.165, 1.54) is 30.0 Å². The molecule has 0 spiro atoms. The first-order valence-electron chi connectivity index (χ1n) is 7.61. The molecule has 3 aromatic rings. The lowest BCUT2D eigenvalue weighted by Crippen LogP contribution is -1.98. The summed E-state index contributed by atoms with van der Waals surface area (Å²) in [5.41, 5.74) is 2.67. The molecule has 0 aliphatic heterocycles. The Morgan fingerprint density at radius 1 is 1.04 bits per heavy atom. The number of nitro groups is 1. The van der Waals surface area contributed by atoms with Crippen molar-refractivity contribution in [1.29, 1.82) is 0 Å². The van der Waals surface area contributed by atoms with E-state index in [0.29, 0.717) is 11.6 Å². The lowest BCUT2D eigenvalue weighted by atomic mass is 9.99. The molecule has 1 aromatic heterocycles. The molecule has 1 heterocycles. The van der Waals surface area contributed by atoms with Crippen molar-refractivity contribution in [2.75, 3.05) is 5.32 Å². The number of pyridine rings is 1. The second kappa shape index (κ2) is 5.35. The molecule has 0 atom stereocenters. The van der Waals surface area contributed by atoms with Crippen LogP contribution in [0.25, 0.3) is 10.8 Å². The lowest BCUT2D eigenvalue weighted by Gasteiger charge is -2.13. The predicted octanol–water partition coefficient (Wildman–Crippen LogP) is 4.76. The van der Waals surface area contributed by atoms with Gasteiger partial charge in [-0.1, -0.05) is 30.3 Å². The number of hydrogen-bond acceptors (Lipinski definition) is 4. The van der Waals surface area contributed by atoms with Crippen molar-refractivity contribution in [2.24, 2.45) is 0 Å². The van der Waals surface area contributed by atoms with Gasteiger partial charge in [0.05, 0.1) is 4.92 Å². The summed E-state index contributed by atoms with van der Waals surface area (Å²) in [5, 5.41) is 16.7. The van der Waals surface area contributed by atoms with Crippen molar-refractivity contribution in [3.63, 3.8) is 0 Å². The normalized spacial score (nSPS) is 13.9. The maximum atomic E-state index is 11.2. The van der Waals surface area contributed by atoms with Crippen LogP contribution in [0.5, 0.6) is 0 Å². The Hall–Kier alpha value is -2.95. The Morgan fingerprint density at radius 3 is 2.57 bits per heavy atom. The molecule has 0 saturated heterocycles. The minimum absolute atomic E-state index is 0.0251. The van der Waals surface area contributed by atoms with Gasteiger partial charge in [0.25, 0.3) is 0 Å². The van der Waals surface area contributed by atoms with Gasteiger partial charge in [-0.3, -0.25) is 15.1 Å². The zero-order chi connectivity index (χ0) is 15.8. The van der Waals surface area contributed by atoms with E-state index in [1.54, 1.807) is 12.3 Å². The number of benzene rings is 2. The molecule has 1 fully saturated rings. The van der Waals surface area contributed by atoms with Gasteiger partial charge in [0.15, 0.2) is 0 Å². The first-order valence-corrected chi connectivity index (χ1v) is 7.61. The molecular weight excluding hydrogens is 290 g/mol. The number of hydrogen-bond donors (Lipinski definition) is 1. The van der Waals surface area contributed by atoms with E-state index in [1.807, 2.05) is 18.2 Å². The quantitative estimate of drug-likeness (QED) is 0.557. The van der Waals surface area contributed by atoms with E-state index in [-0.39, 0.29) is 5.69 Å². The topological polar surface area (TPSA) is 68.1 Å². The van der Waals surface area contributed by atoms with Crippen LogP contribution >= 0.6 is 0 Å². The van der Waals surface area contributed by atoms with Crippen LogP contribution in [0.4, 0.5) is 17.1 Å². The van der Waals surface area contributed by atoms with E-state index < -0.39 is 4.92 Å². The van der Waals surface area contributed by atoms with Gasteiger partial charge in [0.2, 0.25) is 0 Å². The highest BCUT2D eigenvalue weighted by Gasteiger charge is 2.25. The van der Waals surface area contributed by atoms with Gasteiger partial charge in [-0.05, 0) is 41.8 Å². The summed E-state index contributed by atoms with van der Waals surface area (Å²) in [7, 11) is 0. The zero-order valence-corrected chi connectivity index (χ0v) is 12.4. The molecule has 0 amide bonds. The Kier molecular flexibility index (Phi) is 3.19. The van der Waals surface area contributed by atoms with Gasteiger partial charge in [-0.25, -0.2) is 0 Å². The molecule has 0 radical (unpaired) electrons. The molecule has 114 valence electrons. The highest BCUT2D eigenvalue weighted by atomic mass is 16.6. The summed E-state index contributed by atoms with van der Waals surface area (Å²) >= 11 is 0. The molecule has 5 nitrogen and oxygen atoms in total. The third-order valence-corrected chi connectivity index (χ3v) is 4.24. The van der Waals surface area contributed by atoms with Crippen LogP contribution in [0, 0.1) is 10.1 Å². The van der Waals surface area contributed by atoms with Crippen LogP contribution in [0.3, 0.4) is 0 Å². The molecule has 2 aromatic carbocycles. The third-order valence-electron chi connectivity index (χ3n) is 4.24. The molecule has 23 heavy (non-hydrogen) atoms. The molecule has 4 rings (SSSR count). The number of rotatable bonds is 4. The Labute approximate surface area is 133 Å². The molecule has 1 aliphatic carbocycles. The average molecular weight is 305 g/mol. The third kappa shape index (κ3) is 2.50. The number of nitrogens with one attached hydrogen (secondary N) is 1. The van der Waals surface area contributed by atoms with Crippen molar-refractivity contribution < 1.29 is 4.92 Å². The van der Waals surface area contributed by atoms with Crippen LogP contribution in [0.1, 0.15) is 24.3 Å². The van der Waals surface area contributed by atoms with Gasteiger partial charge < -0.3 is 5.32 Å². The SMILES string of the molecule is O=[N+]([O-])c1cnccc1Nc1ccc(C2CC2)c2ccccc12. The Balaban J connectivity index is 1.81. The van der Waals surface area contributed by atoms with E-state index >= 15 is 0 Å². The van der Waals surface area contributed by atoms with Gasteiger partial charge in [0, 0.05) is 17.3 Å². The van der Waals surface area contributed by atoms with Crippen LogP contribution < -0.4 is 5.32 Å². The van der Waals surface area contributed by atoms with Crippen LogP contribution in [0.2, 0.25) is 0 Å². The number of anilines is 2. The largest absolute Gasteiger partial charge is 0.349 e. The van der Waals surface area contributed by atoms with Crippen molar-refractivity contribution in [3.05, 3.63) is 70.5 Å². The number of fused-ring (bicyclic) bond motifs is 1. The number of nitrogens with zero attached hydrogens (tertiary/aromatic N) is 2. The maximum Gasteiger partial charge on any atom is 0.310 e. The van der Waals surface area contributed by atoms with Crippen LogP contribution in [0.15, 0.2) is 54.9 Å². The monoisotopic (exact) mass is 305 g/mol. The van der Waals surface area contributed by atoms with Crippen molar-refractivity contribution in [2.45, 2.75) is 18.8 Å². The highest BCUT2D eigenvalue weighted by molar-refractivity contribution is 5.98. The summed E-state index contributed by atoms with van der Waals surface area (Å²) < 4.78 is 0. The molecule has 1 aliphatic rings. The second-order valence-electron chi connectivity index (χ2n) is 5.80. The minimum Gasteiger partial charge on any atom is -0.349 e. The van der Waals surface area contributed by atoms with E-state index in [0.717, 1.165) is 11.1 Å². The van der Waals surface area contributed by atoms with Crippen molar-refractivity contribution in [3.8, 4) is 0 Å². The van der Waals surface area contributed by atoms with Crippen LogP contribution in [-0.2, 0) is 0 Å². The van der Waals surface area contributed by atoms with Gasteiger partial charge in [-0.2, -0.15) is 0 Å². The van der Waals surface area contributed by atoms with Gasteiger partial charge in [-0.15, -0.1) is 0 Å². The molecule has 5 heteroatoms. The summed E-state index contributed by atoms with van der Waals surface area (Å²) in [6.07, 6.45) is 5.30. The minimum atomic E-state index is -0.421. The number of aromatic nitrogens is 1. The molecule has 0 unspecified atom stereocenters. The van der Waals surface area contributed by atoms with Gasteiger partial charge >= 0.3 is 5.69 Å². The van der Waals surface area contributed by atoms with Crippen molar-refractivity contribution >= 4 is 27.8 Å². The molecule has 0 bridgehead atoms. The summed E-state index contributed by atoms with van der Waals surface area (Å²) in [6, 6.07) is 14.0. The first-order chi connectivity index (χ1) is 11.2. The van der Waals surface area contributed by atoms with Crippen LogP contribution in [-0.4, -0.2) is 9.91 Å². The lowest BCUT2D eigenvalue weighted by molar-refractivity contribution is -0.384. The fraction of sp³-hybridized carbons (Fsp3) is 0.167. The van der Waals surface area contributed by atoms with Gasteiger partial charge in [0.1, 0.15) is 11.9 Å². The first kappa shape index (κ1) is 13.7.